The van der Waals surface area contributed by atoms with Crippen LogP contribution in [0.4, 0.5) is 0 Å². The van der Waals surface area contributed by atoms with Gasteiger partial charge in [0.1, 0.15) is 5.75 Å². The Balaban J connectivity index is 2.22. The van der Waals surface area contributed by atoms with E-state index in [1.165, 1.54) is 11.8 Å². The molecule has 6 nitrogen and oxygen atoms in total. The number of amides is 1. The number of aromatic nitrogens is 3. The molecule has 0 aliphatic rings. The van der Waals surface area contributed by atoms with E-state index in [1.54, 1.807) is 7.11 Å². The van der Waals surface area contributed by atoms with Gasteiger partial charge in [-0.15, -0.1) is 10.2 Å². The number of carbonyl (C=O) groups excluding carboxylic acids is 1. The van der Waals surface area contributed by atoms with E-state index in [0.717, 1.165) is 28.8 Å². The van der Waals surface area contributed by atoms with Crippen LogP contribution in [0.3, 0.4) is 0 Å². The van der Waals surface area contributed by atoms with Crippen molar-refractivity contribution in [2.45, 2.75) is 58.4 Å². The van der Waals surface area contributed by atoms with E-state index in [0.29, 0.717) is 5.75 Å². The molecule has 2 rings (SSSR count). The van der Waals surface area contributed by atoms with Crippen molar-refractivity contribution in [3.05, 3.63) is 24.3 Å². The second-order valence-electron chi connectivity index (χ2n) is 6.53. The van der Waals surface area contributed by atoms with Crippen LogP contribution in [0, 0.1) is 0 Å². The molecular weight excluding hydrogens is 348 g/mol. The van der Waals surface area contributed by atoms with Crippen LogP contribution < -0.4 is 4.74 Å². The Labute approximate surface area is 159 Å². The summed E-state index contributed by atoms with van der Waals surface area (Å²) in [4.78, 5) is 14.5. The predicted octanol–water partition coefficient (Wildman–Crippen LogP) is 3.71. The van der Waals surface area contributed by atoms with Gasteiger partial charge in [-0.2, -0.15) is 0 Å². The van der Waals surface area contributed by atoms with Crippen LogP contribution in [0.5, 0.6) is 5.75 Å². The highest BCUT2D eigenvalue weighted by Gasteiger charge is 2.22. The molecule has 0 fully saturated rings. The number of nitrogens with zero attached hydrogens (tertiary/aromatic N) is 4. The van der Waals surface area contributed by atoms with Gasteiger partial charge < -0.3 is 14.2 Å². The van der Waals surface area contributed by atoms with Crippen LogP contribution in [0.15, 0.2) is 29.4 Å². The predicted molar refractivity (Wildman–Crippen MR) is 106 cm³/mol. The molecule has 0 unspecified atom stereocenters. The highest BCUT2D eigenvalue weighted by atomic mass is 32.2. The second-order valence-corrected chi connectivity index (χ2v) is 7.47. The number of hydrogen-bond donors (Lipinski definition) is 0. The van der Waals surface area contributed by atoms with Crippen molar-refractivity contribution in [1.29, 1.82) is 0 Å². The zero-order chi connectivity index (χ0) is 19.3. The summed E-state index contributed by atoms with van der Waals surface area (Å²) >= 11 is 1.43. The van der Waals surface area contributed by atoms with Crippen molar-refractivity contribution >= 4 is 17.7 Å². The van der Waals surface area contributed by atoms with E-state index in [4.69, 9.17) is 4.74 Å². The minimum atomic E-state index is 0.115. The van der Waals surface area contributed by atoms with E-state index < -0.39 is 0 Å². The van der Waals surface area contributed by atoms with Gasteiger partial charge in [0, 0.05) is 18.6 Å². The summed E-state index contributed by atoms with van der Waals surface area (Å²) < 4.78 is 7.46. The van der Waals surface area contributed by atoms with E-state index >= 15 is 0 Å². The molecule has 1 aromatic heterocycles. The maximum absolute atomic E-state index is 12.6. The lowest BCUT2D eigenvalue weighted by molar-refractivity contribution is -0.131. The maximum atomic E-state index is 12.6. The average molecular weight is 377 g/mol. The molecular formula is C19H28N4O2S. The molecule has 1 amide bonds. The van der Waals surface area contributed by atoms with E-state index in [-0.39, 0.29) is 18.0 Å². The molecule has 0 saturated carbocycles. The van der Waals surface area contributed by atoms with Gasteiger partial charge in [0.25, 0.3) is 0 Å². The van der Waals surface area contributed by atoms with Crippen LogP contribution in [0.2, 0.25) is 0 Å². The number of carbonyl (C=O) groups is 1. The van der Waals surface area contributed by atoms with Gasteiger partial charge in [-0.05, 0) is 46.8 Å². The van der Waals surface area contributed by atoms with Gasteiger partial charge in [-0.25, -0.2) is 0 Å². The normalized spacial score (nSPS) is 11.2. The molecule has 0 radical (unpaired) electrons. The third kappa shape index (κ3) is 4.38. The Morgan fingerprint density at radius 2 is 1.85 bits per heavy atom. The fraction of sp³-hybridized carbons (Fsp3) is 0.526. The van der Waals surface area contributed by atoms with Gasteiger partial charge in [0.05, 0.1) is 18.4 Å². The molecule has 0 spiro atoms. The highest BCUT2D eigenvalue weighted by molar-refractivity contribution is 7.99. The Morgan fingerprint density at radius 1 is 1.19 bits per heavy atom. The van der Waals surface area contributed by atoms with Crippen LogP contribution in [-0.2, 0) is 11.3 Å². The lowest BCUT2D eigenvalue weighted by atomic mass is 10.2. The first-order valence-corrected chi connectivity index (χ1v) is 9.89. The molecule has 0 saturated heterocycles. The van der Waals surface area contributed by atoms with Crippen molar-refractivity contribution in [2.24, 2.45) is 0 Å². The highest BCUT2D eigenvalue weighted by Crippen LogP contribution is 2.30. The van der Waals surface area contributed by atoms with Crippen LogP contribution in [0.1, 0.15) is 34.6 Å². The molecule has 0 bridgehead atoms. The molecule has 2 aromatic rings. The molecule has 7 heteroatoms. The largest absolute Gasteiger partial charge is 0.496 e. The number of thioether (sulfide) groups is 1. The smallest absolute Gasteiger partial charge is 0.233 e. The fourth-order valence-corrected chi connectivity index (χ4v) is 3.95. The van der Waals surface area contributed by atoms with Crippen molar-refractivity contribution in [1.82, 2.24) is 19.7 Å². The molecule has 142 valence electrons. The zero-order valence-electron chi connectivity index (χ0n) is 16.4. The fourth-order valence-electron chi connectivity index (χ4n) is 3.08. The van der Waals surface area contributed by atoms with Gasteiger partial charge in [-0.3, -0.25) is 4.79 Å². The van der Waals surface area contributed by atoms with Crippen molar-refractivity contribution in [3.63, 3.8) is 0 Å². The molecule has 0 aliphatic heterocycles. The zero-order valence-corrected chi connectivity index (χ0v) is 17.2. The van der Waals surface area contributed by atoms with Crippen LogP contribution >= 0.6 is 11.8 Å². The monoisotopic (exact) mass is 376 g/mol. The Morgan fingerprint density at radius 3 is 2.42 bits per heavy atom. The minimum absolute atomic E-state index is 0.115. The number of ether oxygens (including phenoxy) is 1. The van der Waals surface area contributed by atoms with Crippen LogP contribution in [-0.4, -0.2) is 50.5 Å². The lowest BCUT2D eigenvalue weighted by Gasteiger charge is -2.30. The van der Waals surface area contributed by atoms with Crippen molar-refractivity contribution in [3.8, 4) is 17.1 Å². The Kier molecular flexibility index (Phi) is 7.08. The number of hydrogen-bond acceptors (Lipinski definition) is 5. The van der Waals surface area contributed by atoms with E-state index in [1.807, 2.05) is 68.4 Å². The Bertz CT molecular complexity index is 735. The van der Waals surface area contributed by atoms with Gasteiger partial charge in [0.15, 0.2) is 11.0 Å². The van der Waals surface area contributed by atoms with Crippen molar-refractivity contribution < 1.29 is 9.53 Å². The summed E-state index contributed by atoms with van der Waals surface area (Å²) in [5.41, 5.74) is 0.897. The summed E-state index contributed by atoms with van der Waals surface area (Å²) in [7, 11) is 1.65. The SMILES string of the molecule is CCn1c(SCC(=O)N(C(C)C)C(C)C)nnc1-c1ccccc1OC. The Hall–Kier alpha value is -2.02. The first-order chi connectivity index (χ1) is 12.4. The van der Waals surface area contributed by atoms with Gasteiger partial charge in [-0.1, -0.05) is 23.9 Å². The molecule has 1 aromatic carbocycles. The van der Waals surface area contributed by atoms with E-state index in [9.17, 15) is 4.79 Å². The minimum Gasteiger partial charge on any atom is -0.496 e. The summed E-state index contributed by atoms with van der Waals surface area (Å²) in [5, 5.41) is 9.40. The average Bonchev–Trinajstić information content (AvgIpc) is 3.01. The van der Waals surface area contributed by atoms with Crippen molar-refractivity contribution in [2.75, 3.05) is 12.9 Å². The first-order valence-electron chi connectivity index (χ1n) is 8.91. The molecule has 1 heterocycles. The van der Waals surface area contributed by atoms with E-state index in [2.05, 4.69) is 10.2 Å². The van der Waals surface area contributed by atoms with Gasteiger partial charge in [0.2, 0.25) is 5.91 Å². The summed E-state index contributed by atoms with van der Waals surface area (Å²) in [6.45, 7) is 10.9. The van der Waals surface area contributed by atoms with Crippen LogP contribution in [0.25, 0.3) is 11.4 Å². The number of benzene rings is 1. The standard InChI is InChI=1S/C19H28N4O2S/c1-7-22-18(15-10-8-9-11-16(15)25-6)20-21-19(22)26-12-17(24)23(13(2)3)14(4)5/h8-11,13-14H,7,12H2,1-6H3. The third-order valence-electron chi connectivity index (χ3n) is 4.11. The molecule has 0 N–H and O–H groups in total. The topological polar surface area (TPSA) is 60.2 Å². The maximum Gasteiger partial charge on any atom is 0.233 e. The second kappa shape index (κ2) is 9.07. The first kappa shape index (κ1) is 20.3. The number of rotatable bonds is 8. The summed E-state index contributed by atoms with van der Waals surface area (Å²) in [6, 6.07) is 8.10. The third-order valence-corrected chi connectivity index (χ3v) is 5.06. The quantitative estimate of drug-likeness (QED) is 0.657. The summed E-state index contributed by atoms with van der Waals surface area (Å²) in [5.74, 6) is 1.97. The van der Waals surface area contributed by atoms with Gasteiger partial charge >= 0.3 is 0 Å². The number of para-hydroxylation sites is 1. The number of methoxy groups -OCH3 is 1. The molecule has 0 atom stereocenters. The molecule has 0 aliphatic carbocycles. The summed E-state index contributed by atoms with van der Waals surface area (Å²) in [6.07, 6.45) is 0. The lowest BCUT2D eigenvalue weighted by Crippen LogP contribution is -2.43. The molecule has 26 heavy (non-hydrogen) atoms.